The van der Waals surface area contributed by atoms with Gasteiger partial charge in [-0.3, -0.25) is 14.4 Å². The van der Waals surface area contributed by atoms with Crippen LogP contribution in [-0.2, 0) is 4.79 Å². The third-order valence-electron chi connectivity index (χ3n) is 8.54. The van der Waals surface area contributed by atoms with Gasteiger partial charge in [0.2, 0.25) is 5.56 Å². The van der Waals surface area contributed by atoms with Gasteiger partial charge in [-0.05, 0) is 67.3 Å². The molecule has 0 fully saturated rings. The van der Waals surface area contributed by atoms with Gasteiger partial charge in [-0.2, -0.15) is 0 Å². The molecule has 2 heterocycles. The monoisotopic (exact) mass is 699 g/mol. The summed E-state index contributed by atoms with van der Waals surface area (Å²) in [5.41, 5.74) is 1.67. The number of phenolic OH excluding ortho intramolecular Hbond substituents is 3. The number of ketones is 1. The molecule has 1 aliphatic heterocycles. The number of nitrogens with one attached hydrogen (secondary N) is 1. The van der Waals surface area contributed by atoms with Gasteiger partial charge in [0.1, 0.15) is 34.7 Å². The molecule has 0 saturated heterocycles. The number of Topliss-reactive ketones (excluding diaryl/α,β-unsaturated/α-hetero) is 1. The molecule has 0 unspecified atom stereocenters. The van der Waals surface area contributed by atoms with E-state index in [2.05, 4.69) is 24.1 Å². The number of carbonyl (C=O) groups excluding carboxylic acids is 1. The molecule has 0 bridgehead atoms. The van der Waals surface area contributed by atoms with E-state index in [-0.39, 0.29) is 46.3 Å². The number of carboxylic acids is 1. The summed E-state index contributed by atoms with van der Waals surface area (Å²) >= 11 is 0. The summed E-state index contributed by atoms with van der Waals surface area (Å²) in [6, 6.07) is 19.8. The summed E-state index contributed by atoms with van der Waals surface area (Å²) in [7, 11) is 0. The number of allylic oxidation sites excluding steroid dienone is 2. The van der Waals surface area contributed by atoms with Crippen molar-refractivity contribution in [2.75, 3.05) is 0 Å². The number of H-pyrrole nitrogens is 1. The lowest BCUT2D eigenvalue weighted by Gasteiger charge is -2.26. The molecule has 1 aliphatic rings. The molecule has 3 aromatic carbocycles. The lowest BCUT2D eigenvalue weighted by Crippen LogP contribution is -2.20. The zero-order chi connectivity index (χ0) is 36.8. The second-order valence-corrected chi connectivity index (χ2v) is 12.8. The quantitative estimate of drug-likeness (QED) is 0.0571. The molecule has 51 heavy (non-hydrogen) atoms. The minimum Gasteiger partial charge on any atom is -0.508 e. The molecule has 0 amide bonds. The van der Waals surface area contributed by atoms with E-state index in [4.69, 9.17) is 9.84 Å². The Morgan fingerprint density at radius 3 is 2.06 bits per heavy atom. The zero-order valence-electron chi connectivity index (χ0n) is 29.7. The van der Waals surface area contributed by atoms with Crippen LogP contribution in [0.1, 0.15) is 125 Å². The number of aromatic amines is 1. The molecule has 0 aliphatic carbocycles. The molecule has 0 saturated carbocycles. The van der Waals surface area contributed by atoms with E-state index in [1.165, 1.54) is 94.9 Å². The van der Waals surface area contributed by atoms with Crippen molar-refractivity contribution in [1.82, 2.24) is 4.98 Å². The number of carboxylic acid groups (broad SMARTS) is 1. The maximum Gasteiger partial charge on any atom is 0.303 e. The molecule has 9 nitrogen and oxygen atoms in total. The number of pyridine rings is 1. The van der Waals surface area contributed by atoms with Crippen LogP contribution in [0.4, 0.5) is 0 Å². The van der Waals surface area contributed by atoms with Gasteiger partial charge in [0.05, 0.1) is 6.42 Å². The van der Waals surface area contributed by atoms with Crippen molar-refractivity contribution >= 4 is 22.7 Å². The van der Waals surface area contributed by atoms with Crippen LogP contribution in [0.25, 0.3) is 10.9 Å². The van der Waals surface area contributed by atoms with Gasteiger partial charge in [0.25, 0.3) is 0 Å². The SMILES string of the molecule is CCCCCCCC/C=C/CCCCCCCC(=O)O.O=C1C[C@@H](c2ccc(O)cc2)Oc2cc(O)cc(O)c21.O=c1ccc2ccccc2[nH]1. The number of para-hydroxylation sites is 1. The van der Waals surface area contributed by atoms with Crippen molar-refractivity contribution in [1.29, 1.82) is 0 Å². The van der Waals surface area contributed by atoms with Crippen LogP contribution < -0.4 is 10.3 Å². The number of hydrogen-bond donors (Lipinski definition) is 5. The Bertz CT molecular complexity index is 1730. The van der Waals surface area contributed by atoms with Crippen molar-refractivity contribution in [3.05, 3.63) is 106 Å². The highest BCUT2D eigenvalue weighted by atomic mass is 16.5. The molecule has 5 N–H and O–H groups in total. The van der Waals surface area contributed by atoms with Gasteiger partial charge < -0.3 is 30.1 Å². The van der Waals surface area contributed by atoms with E-state index in [1.807, 2.05) is 30.3 Å². The summed E-state index contributed by atoms with van der Waals surface area (Å²) < 4.78 is 5.67. The number of ether oxygens (including phenoxy) is 1. The summed E-state index contributed by atoms with van der Waals surface area (Å²) in [5.74, 6) is -1.07. The third-order valence-corrected chi connectivity index (χ3v) is 8.54. The fourth-order valence-corrected chi connectivity index (χ4v) is 5.74. The van der Waals surface area contributed by atoms with Gasteiger partial charge in [-0.15, -0.1) is 0 Å². The highest BCUT2D eigenvalue weighted by molar-refractivity contribution is 6.02. The lowest BCUT2D eigenvalue weighted by molar-refractivity contribution is -0.137. The van der Waals surface area contributed by atoms with E-state index < -0.39 is 12.1 Å². The van der Waals surface area contributed by atoms with E-state index in [1.54, 1.807) is 12.1 Å². The number of phenols is 3. The van der Waals surface area contributed by atoms with Crippen LogP contribution in [-0.4, -0.2) is 37.2 Å². The van der Waals surface area contributed by atoms with E-state index in [0.29, 0.717) is 6.42 Å². The first-order valence-corrected chi connectivity index (χ1v) is 18.2. The molecule has 5 rings (SSSR count). The van der Waals surface area contributed by atoms with Gasteiger partial charge in [-0.1, -0.05) is 101 Å². The number of aromatic hydroxyl groups is 3. The van der Waals surface area contributed by atoms with E-state index in [0.717, 1.165) is 35.4 Å². The number of unbranched alkanes of at least 4 members (excludes halogenated alkanes) is 11. The summed E-state index contributed by atoms with van der Waals surface area (Å²) in [5, 5.41) is 38.0. The lowest BCUT2D eigenvalue weighted by atomic mass is 9.95. The Hall–Kier alpha value is -5.05. The smallest absolute Gasteiger partial charge is 0.303 e. The first-order chi connectivity index (χ1) is 24.7. The molecule has 4 aromatic rings. The van der Waals surface area contributed by atoms with Crippen molar-refractivity contribution < 1.29 is 34.8 Å². The van der Waals surface area contributed by atoms with Crippen LogP contribution in [0.3, 0.4) is 0 Å². The molecule has 9 heteroatoms. The Balaban J connectivity index is 0.000000215. The molecule has 0 radical (unpaired) electrons. The van der Waals surface area contributed by atoms with Crippen LogP contribution >= 0.6 is 0 Å². The topological polar surface area (TPSA) is 157 Å². The highest BCUT2D eigenvalue weighted by Gasteiger charge is 2.30. The van der Waals surface area contributed by atoms with Gasteiger partial charge >= 0.3 is 5.97 Å². The number of fused-ring (bicyclic) bond motifs is 2. The fraction of sp³-hybridized carbons (Fsp3) is 0.405. The fourth-order valence-electron chi connectivity index (χ4n) is 5.74. The average molecular weight is 700 g/mol. The predicted molar refractivity (Wildman–Crippen MR) is 202 cm³/mol. The normalized spacial score (nSPS) is 13.4. The number of carbonyl (C=O) groups is 2. The maximum atomic E-state index is 12.1. The van der Waals surface area contributed by atoms with Gasteiger partial charge in [-0.25, -0.2) is 0 Å². The average Bonchev–Trinajstić information content (AvgIpc) is 3.10. The first kappa shape index (κ1) is 40.4. The highest BCUT2D eigenvalue weighted by Crippen LogP contribution is 2.41. The van der Waals surface area contributed by atoms with Crippen molar-refractivity contribution in [2.45, 2.75) is 109 Å². The van der Waals surface area contributed by atoms with Crippen LogP contribution in [0.15, 0.2) is 89.7 Å². The Morgan fingerprint density at radius 1 is 0.765 bits per heavy atom. The van der Waals surface area contributed by atoms with Gasteiger partial charge in [0, 0.05) is 30.1 Å². The Kier molecular flexibility index (Phi) is 17.9. The Morgan fingerprint density at radius 2 is 1.39 bits per heavy atom. The first-order valence-electron chi connectivity index (χ1n) is 18.2. The predicted octanol–water partition coefficient (Wildman–Crippen LogP) is 10.1. The standard InChI is InChI=1S/C18H34O2.C15H12O5.C9H7NO/c1-2-3-4-5-6-7-8-9-10-11-12-13-14-15-16-17-18(19)20;16-9-3-1-8(2-4-9)13-7-12(19)15-11(18)5-10(17)6-14(15)20-13;11-9-6-5-7-3-1-2-4-8(7)10-9/h9-10H,2-8,11-17H2,1H3,(H,19,20);1-6,13,16-18H,7H2;1-6H,(H,10,11)/b10-9+;;/t;13-;/m.0./s1. The molecular weight excluding hydrogens is 646 g/mol. The minimum absolute atomic E-state index is 0.0521. The van der Waals surface area contributed by atoms with E-state index in [9.17, 15) is 29.7 Å². The molecule has 0 spiro atoms. The van der Waals surface area contributed by atoms with Crippen molar-refractivity contribution in [3.8, 4) is 23.0 Å². The number of benzene rings is 3. The second-order valence-electron chi connectivity index (χ2n) is 12.8. The van der Waals surface area contributed by atoms with Crippen LogP contribution in [0.2, 0.25) is 0 Å². The maximum absolute atomic E-state index is 12.1. The Labute approximate surface area is 300 Å². The number of aliphatic carboxylic acids is 1. The number of aromatic nitrogens is 1. The number of hydrogen-bond acceptors (Lipinski definition) is 7. The second kappa shape index (κ2) is 22.6. The zero-order valence-corrected chi connectivity index (χ0v) is 29.7. The van der Waals surface area contributed by atoms with Crippen LogP contribution in [0, 0.1) is 0 Å². The third kappa shape index (κ3) is 15.2. The summed E-state index contributed by atoms with van der Waals surface area (Å²) in [6.07, 6.45) is 20.8. The van der Waals surface area contributed by atoms with Crippen molar-refractivity contribution in [3.63, 3.8) is 0 Å². The summed E-state index contributed by atoms with van der Waals surface area (Å²) in [4.78, 5) is 36.0. The molecule has 1 atom stereocenters. The summed E-state index contributed by atoms with van der Waals surface area (Å²) in [6.45, 7) is 2.26. The van der Waals surface area contributed by atoms with E-state index >= 15 is 0 Å². The molecular formula is C42H53NO8. The molecule has 274 valence electrons. The van der Waals surface area contributed by atoms with Crippen LogP contribution in [0.5, 0.6) is 23.0 Å². The number of rotatable bonds is 16. The largest absolute Gasteiger partial charge is 0.508 e. The minimum atomic E-state index is -0.664. The van der Waals surface area contributed by atoms with Crippen molar-refractivity contribution in [2.24, 2.45) is 0 Å². The van der Waals surface area contributed by atoms with Gasteiger partial charge in [0.15, 0.2) is 5.78 Å². The molecule has 1 aromatic heterocycles.